The quantitative estimate of drug-likeness (QED) is 0.807. The van der Waals surface area contributed by atoms with E-state index in [1.807, 2.05) is 13.0 Å². The summed E-state index contributed by atoms with van der Waals surface area (Å²) >= 11 is 5.85. The van der Waals surface area contributed by atoms with Crippen molar-refractivity contribution in [3.05, 3.63) is 29.3 Å². The van der Waals surface area contributed by atoms with Crippen molar-refractivity contribution < 1.29 is 4.79 Å². The van der Waals surface area contributed by atoms with E-state index in [4.69, 9.17) is 17.3 Å². The van der Waals surface area contributed by atoms with Crippen molar-refractivity contribution in [1.29, 1.82) is 0 Å². The van der Waals surface area contributed by atoms with Crippen molar-refractivity contribution in [2.45, 2.75) is 25.4 Å². The average molecular weight is 254 g/mol. The van der Waals surface area contributed by atoms with Gasteiger partial charge in [0.1, 0.15) is 0 Å². The highest BCUT2D eigenvalue weighted by Gasteiger charge is 2.31. The molecule has 1 aliphatic heterocycles. The van der Waals surface area contributed by atoms with Crippen LogP contribution in [-0.4, -0.2) is 29.6 Å². The molecule has 1 aliphatic rings. The largest absolute Gasteiger partial charge is 0.326 e. The number of hydrogen-bond acceptors (Lipinski definition) is 2. The van der Waals surface area contributed by atoms with Gasteiger partial charge < -0.3 is 16.0 Å². The van der Waals surface area contributed by atoms with Crippen molar-refractivity contribution in [1.82, 2.24) is 4.90 Å². The first kappa shape index (κ1) is 12.2. The third kappa shape index (κ3) is 2.70. The van der Waals surface area contributed by atoms with Gasteiger partial charge in [0.15, 0.2) is 0 Å². The molecular weight excluding hydrogens is 238 g/mol. The fraction of sp³-hybridized carbons (Fsp3) is 0.417. The molecule has 92 valence electrons. The number of amides is 2. The lowest BCUT2D eigenvalue weighted by molar-refractivity contribution is 0.208. The maximum atomic E-state index is 12.0. The molecule has 2 rings (SSSR count). The van der Waals surface area contributed by atoms with Crippen LogP contribution in [0.5, 0.6) is 0 Å². The number of nitrogens with zero attached hydrogens (tertiary/aromatic N) is 1. The van der Waals surface area contributed by atoms with Crippen LogP contribution >= 0.6 is 11.6 Å². The predicted octanol–water partition coefficient (Wildman–Crippen LogP) is 2.29. The van der Waals surface area contributed by atoms with Crippen LogP contribution in [0.2, 0.25) is 5.02 Å². The van der Waals surface area contributed by atoms with Gasteiger partial charge in [0.05, 0.1) is 0 Å². The van der Waals surface area contributed by atoms with Crippen molar-refractivity contribution in [2.75, 3.05) is 11.9 Å². The van der Waals surface area contributed by atoms with Crippen LogP contribution in [0.15, 0.2) is 24.3 Å². The summed E-state index contributed by atoms with van der Waals surface area (Å²) < 4.78 is 0. The lowest BCUT2D eigenvalue weighted by Crippen LogP contribution is -2.42. The Kier molecular flexibility index (Phi) is 3.54. The molecule has 0 bridgehead atoms. The molecule has 1 aromatic carbocycles. The number of benzene rings is 1. The van der Waals surface area contributed by atoms with Crippen LogP contribution in [0, 0.1) is 0 Å². The lowest BCUT2D eigenvalue weighted by atomic mass is 10.2. The Morgan fingerprint density at radius 3 is 2.94 bits per heavy atom. The number of anilines is 1. The molecular formula is C12H16ClN3O. The number of urea groups is 1. The monoisotopic (exact) mass is 253 g/mol. The molecule has 2 amide bonds. The smallest absolute Gasteiger partial charge is 0.322 e. The van der Waals surface area contributed by atoms with E-state index in [2.05, 4.69) is 5.32 Å². The maximum Gasteiger partial charge on any atom is 0.322 e. The van der Waals surface area contributed by atoms with Gasteiger partial charge in [0, 0.05) is 29.3 Å². The molecule has 5 heteroatoms. The van der Waals surface area contributed by atoms with Crippen LogP contribution in [0.3, 0.4) is 0 Å². The molecule has 17 heavy (non-hydrogen) atoms. The predicted molar refractivity (Wildman–Crippen MR) is 69.2 cm³/mol. The molecule has 1 fully saturated rings. The van der Waals surface area contributed by atoms with E-state index >= 15 is 0 Å². The fourth-order valence-electron chi connectivity index (χ4n) is 2.01. The highest BCUT2D eigenvalue weighted by Crippen LogP contribution is 2.19. The normalized spacial score (nSPS) is 23.8. The maximum absolute atomic E-state index is 12.0. The van der Waals surface area contributed by atoms with Crippen LogP contribution in [-0.2, 0) is 0 Å². The molecule has 3 N–H and O–H groups in total. The number of halogens is 1. The summed E-state index contributed by atoms with van der Waals surface area (Å²) in [5.41, 5.74) is 6.59. The number of carbonyl (C=O) groups excluding carboxylic acids is 1. The van der Waals surface area contributed by atoms with E-state index in [0.29, 0.717) is 17.3 Å². The third-order valence-corrected chi connectivity index (χ3v) is 3.39. The molecule has 1 aromatic rings. The average Bonchev–Trinajstić information content (AvgIpc) is 2.60. The third-order valence-electron chi connectivity index (χ3n) is 3.15. The standard InChI is InChI=1S/C12H16ClN3O/c1-8-11(14)5-6-16(8)12(17)15-10-4-2-3-9(13)7-10/h2-4,7-8,11H,5-6,14H2,1H3,(H,15,17). The Balaban J connectivity index is 2.02. The second-order valence-electron chi connectivity index (χ2n) is 4.33. The number of carbonyl (C=O) groups is 1. The zero-order valence-corrected chi connectivity index (χ0v) is 10.4. The van der Waals surface area contributed by atoms with Crippen molar-refractivity contribution in [3.63, 3.8) is 0 Å². The number of nitrogens with one attached hydrogen (secondary N) is 1. The molecule has 0 spiro atoms. The summed E-state index contributed by atoms with van der Waals surface area (Å²) in [6.07, 6.45) is 0.851. The Hall–Kier alpha value is -1.26. The molecule has 1 heterocycles. The van der Waals surface area contributed by atoms with E-state index in [0.717, 1.165) is 6.42 Å². The minimum atomic E-state index is -0.118. The first-order chi connectivity index (χ1) is 8.08. The first-order valence-electron chi connectivity index (χ1n) is 5.66. The number of hydrogen-bond donors (Lipinski definition) is 2. The second kappa shape index (κ2) is 4.94. The van der Waals surface area contributed by atoms with Crippen molar-refractivity contribution >= 4 is 23.3 Å². The summed E-state index contributed by atoms with van der Waals surface area (Å²) in [6, 6.07) is 7.13. The van der Waals surface area contributed by atoms with Gasteiger partial charge >= 0.3 is 6.03 Å². The molecule has 1 saturated heterocycles. The molecule has 0 radical (unpaired) electrons. The minimum absolute atomic E-state index is 0.0695. The van der Waals surface area contributed by atoms with E-state index in [1.54, 1.807) is 23.1 Å². The molecule has 0 aromatic heterocycles. The first-order valence-corrected chi connectivity index (χ1v) is 6.04. The van der Waals surface area contributed by atoms with Gasteiger partial charge in [0.25, 0.3) is 0 Å². The van der Waals surface area contributed by atoms with Gasteiger partial charge in [-0.1, -0.05) is 17.7 Å². The highest BCUT2D eigenvalue weighted by molar-refractivity contribution is 6.30. The molecule has 2 atom stereocenters. The number of rotatable bonds is 1. The van der Waals surface area contributed by atoms with E-state index in [9.17, 15) is 4.79 Å². The summed E-state index contributed by atoms with van der Waals surface area (Å²) in [6.45, 7) is 2.67. The lowest BCUT2D eigenvalue weighted by Gasteiger charge is -2.23. The molecule has 2 unspecified atom stereocenters. The topological polar surface area (TPSA) is 58.4 Å². The van der Waals surface area contributed by atoms with Crippen molar-refractivity contribution in [2.24, 2.45) is 5.73 Å². The van der Waals surface area contributed by atoms with E-state index in [-0.39, 0.29) is 18.1 Å². The Labute approximate surface area is 106 Å². The van der Waals surface area contributed by atoms with Gasteiger partial charge in [-0.05, 0) is 31.5 Å². The Bertz CT molecular complexity index is 424. The van der Waals surface area contributed by atoms with Gasteiger partial charge in [-0.2, -0.15) is 0 Å². The molecule has 0 saturated carbocycles. The van der Waals surface area contributed by atoms with Gasteiger partial charge in [-0.15, -0.1) is 0 Å². The minimum Gasteiger partial charge on any atom is -0.326 e. The zero-order chi connectivity index (χ0) is 12.4. The number of nitrogens with two attached hydrogens (primary N) is 1. The summed E-state index contributed by atoms with van der Waals surface area (Å²) in [5.74, 6) is 0. The molecule has 4 nitrogen and oxygen atoms in total. The highest BCUT2D eigenvalue weighted by atomic mass is 35.5. The summed E-state index contributed by atoms with van der Waals surface area (Å²) in [4.78, 5) is 13.8. The summed E-state index contributed by atoms with van der Waals surface area (Å²) in [7, 11) is 0. The van der Waals surface area contributed by atoms with Crippen LogP contribution in [0.25, 0.3) is 0 Å². The van der Waals surface area contributed by atoms with Gasteiger partial charge in [-0.3, -0.25) is 0 Å². The molecule has 0 aliphatic carbocycles. The van der Waals surface area contributed by atoms with Crippen LogP contribution in [0.4, 0.5) is 10.5 Å². The van der Waals surface area contributed by atoms with Gasteiger partial charge in [0.2, 0.25) is 0 Å². The Morgan fingerprint density at radius 2 is 2.35 bits per heavy atom. The van der Waals surface area contributed by atoms with Gasteiger partial charge in [-0.25, -0.2) is 4.79 Å². The number of likely N-dealkylation sites (tertiary alicyclic amines) is 1. The SMILES string of the molecule is CC1C(N)CCN1C(=O)Nc1cccc(Cl)c1. The zero-order valence-electron chi connectivity index (χ0n) is 9.69. The fourth-order valence-corrected chi connectivity index (χ4v) is 2.20. The Morgan fingerprint density at radius 1 is 1.59 bits per heavy atom. The second-order valence-corrected chi connectivity index (χ2v) is 4.76. The van der Waals surface area contributed by atoms with Crippen LogP contribution < -0.4 is 11.1 Å². The van der Waals surface area contributed by atoms with E-state index < -0.39 is 0 Å². The summed E-state index contributed by atoms with van der Waals surface area (Å²) in [5, 5.41) is 3.43. The van der Waals surface area contributed by atoms with E-state index in [1.165, 1.54) is 0 Å². The van der Waals surface area contributed by atoms with Crippen molar-refractivity contribution in [3.8, 4) is 0 Å². The van der Waals surface area contributed by atoms with Crippen LogP contribution in [0.1, 0.15) is 13.3 Å².